The van der Waals surface area contributed by atoms with Gasteiger partial charge in [0.05, 0.1) is 19.7 Å². The highest BCUT2D eigenvalue weighted by molar-refractivity contribution is 5.80. The summed E-state index contributed by atoms with van der Waals surface area (Å²) in [6.45, 7) is 22.7. The fourth-order valence-corrected chi connectivity index (χ4v) is 9.33. The number of hydrogen-bond donors (Lipinski definition) is 0. The molecule has 0 bridgehead atoms. The van der Waals surface area contributed by atoms with Crippen LogP contribution in [0.5, 0.6) is 0 Å². The van der Waals surface area contributed by atoms with E-state index >= 15 is 0 Å². The number of piperazine rings is 1. The first kappa shape index (κ1) is 61.3. The number of ether oxygens (including phenoxy) is 1. The molecular weight excluding hydrogens is 807 g/mol. The van der Waals surface area contributed by atoms with Crippen LogP contribution in [-0.2, 0) is 19.1 Å². The van der Waals surface area contributed by atoms with Crippen molar-refractivity contribution in [2.45, 2.75) is 253 Å². The van der Waals surface area contributed by atoms with Crippen LogP contribution in [0.3, 0.4) is 0 Å². The molecule has 65 heavy (non-hydrogen) atoms. The minimum absolute atomic E-state index is 0.0490. The van der Waals surface area contributed by atoms with E-state index in [0.717, 1.165) is 90.5 Å². The summed E-state index contributed by atoms with van der Waals surface area (Å²) < 4.78 is 5.38. The Morgan fingerprint density at radius 1 is 0.338 bits per heavy atom. The molecule has 1 fully saturated rings. The van der Waals surface area contributed by atoms with E-state index in [1.807, 2.05) is 9.80 Å². The number of esters is 1. The minimum atomic E-state index is -0.0490. The third-order valence-electron chi connectivity index (χ3n) is 13.9. The zero-order valence-corrected chi connectivity index (χ0v) is 44.3. The van der Waals surface area contributed by atoms with Gasteiger partial charge in [0, 0.05) is 45.7 Å². The van der Waals surface area contributed by atoms with Crippen LogP contribution in [0.15, 0.2) is 0 Å². The quantitative estimate of drug-likeness (QED) is 0.0444. The molecule has 0 atom stereocenters. The highest BCUT2D eigenvalue weighted by Gasteiger charge is 2.26. The molecule has 2 amide bonds. The third kappa shape index (κ3) is 36.9. The zero-order valence-electron chi connectivity index (χ0n) is 44.3. The molecule has 9 heteroatoms. The standard InChI is InChI=1S/C56H111N5O4/c1-6-11-16-19-21-22-23-24-26-30-35-42-58(43-36-31-27-28-32-39-56(64)65-51-38-15-10-5)52-54(62)60-47-49-61(50-48-60)55(63)53-59(44-37-29-25-20-17-12-7-2)46-45-57(40-33-14-9-4)41-34-18-13-8-3/h6-53H2,1-5H3. The van der Waals surface area contributed by atoms with Gasteiger partial charge in [0.25, 0.3) is 0 Å². The Morgan fingerprint density at radius 3 is 1.03 bits per heavy atom. The molecule has 0 aromatic heterocycles. The first-order chi connectivity index (χ1) is 31.9. The van der Waals surface area contributed by atoms with E-state index in [1.54, 1.807) is 0 Å². The van der Waals surface area contributed by atoms with E-state index in [1.165, 1.54) is 167 Å². The molecule has 1 saturated heterocycles. The van der Waals surface area contributed by atoms with Gasteiger partial charge in [0.1, 0.15) is 0 Å². The summed E-state index contributed by atoms with van der Waals surface area (Å²) in [5.74, 6) is 0.412. The van der Waals surface area contributed by atoms with Gasteiger partial charge in [-0.3, -0.25) is 24.2 Å². The summed E-state index contributed by atoms with van der Waals surface area (Å²) in [5.41, 5.74) is 0. The van der Waals surface area contributed by atoms with Crippen molar-refractivity contribution in [3.63, 3.8) is 0 Å². The zero-order chi connectivity index (χ0) is 47.3. The molecule has 1 rings (SSSR count). The lowest BCUT2D eigenvalue weighted by atomic mass is 10.1. The topological polar surface area (TPSA) is 76.6 Å². The van der Waals surface area contributed by atoms with E-state index in [0.29, 0.717) is 52.3 Å². The molecule has 1 aliphatic heterocycles. The second-order valence-electron chi connectivity index (χ2n) is 20.0. The highest BCUT2D eigenvalue weighted by Crippen LogP contribution is 2.15. The summed E-state index contributed by atoms with van der Waals surface area (Å²) in [6, 6.07) is 0. The SMILES string of the molecule is CCCCCCCCCCCCCN(CCCCCCCC(=O)OCCCCC)CC(=O)N1CCN(C(=O)CN(CCCCCCCCC)CCN(CCCCC)CCCCCC)CC1. The molecule has 384 valence electrons. The number of amides is 2. The fraction of sp³-hybridized carbons (Fsp3) is 0.946. The lowest BCUT2D eigenvalue weighted by Crippen LogP contribution is -2.54. The van der Waals surface area contributed by atoms with Gasteiger partial charge >= 0.3 is 5.97 Å². The van der Waals surface area contributed by atoms with Crippen molar-refractivity contribution >= 4 is 17.8 Å². The summed E-state index contributed by atoms with van der Waals surface area (Å²) >= 11 is 0. The number of nitrogens with zero attached hydrogens (tertiary/aromatic N) is 5. The Balaban J connectivity index is 2.70. The van der Waals surface area contributed by atoms with E-state index in [4.69, 9.17) is 4.74 Å². The number of carbonyl (C=O) groups is 3. The molecular formula is C56H111N5O4. The smallest absolute Gasteiger partial charge is 0.305 e. The second kappa shape index (κ2) is 46.0. The Hall–Kier alpha value is -1.71. The fourth-order valence-electron chi connectivity index (χ4n) is 9.33. The third-order valence-corrected chi connectivity index (χ3v) is 13.9. The Labute approximate surface area is 404 Å². The summed E-state index contributed by atoms with van der Waals surface area (Å²) in [4.78, 5) is 51.4. The molecule has 0 unspecified atom stereocenters. The van der Waals surface area contributed by atoms with Crippen LogP contribution in [0.4, 0.5) is 0 Å². The second-order valence-corrected chi connectivity index (χ2v) is 20.0. The largest absolute Gasteiger partial charge is 0.466 e. The summed E-state index contributed by atoms with van der Waals surface area (Å²) in [7, 11) is 0. The normalized spacial score (nSPS) is 13.2. The van der Waals surface area contributed by atoms with Crippen LogP contribution in [-0.4, -0.2) is 134 Å². The minimum Gasteiger partial charge on any atom is -0.466 e. The van der Waals surface area contributed by atoms with Crippen molar-refractivity contribution in [2.24, 2.45) is 0 Å². The van der Waals surface area contributed by atoms with Crippen LogP contribution < -0.4 is 0 Å². The predicted octanol–water partition coefficient (Wildman–Crippen LogP) is 13.5. The summed E-state index contributed by atoms with van der Waals surface area (Å²) in [5, 5.41) is 0. The van der Waals surface area contributed by atoms with Crippen molar-refractivity contribution in [1.82, 2.24) is 24.5 Å². The maximum atomic E-state index is 13.9. The van der Waals surface area contributed by atoms with Crippen LogP contribution in [0, 0.1) is 0 Å². The lowest BCUT2D eigenvalue weighted by molar-refractivity contribution is -0.144. The van der Waals surface area contributed by atoms with Gasteiger partial charge in [-0.1, -0.05) is 202 Å². The van der Waals surface area contributed by atoms with Crippen LogP contribution in [0.2, 0.25) is 0 Å². The van der Waals surface area contributed by atoms with Crippen molar-refractivity contribution in [2.75, 3.05) is 91.7 Å². The maximum Gasteiger partial charge on any atom is 0.305 e. The van der Waals surface area contributed by atoms with E-state index < -0.39 is 0 Å². The molecule has 1 heterocycles. The first-order valence-corrected chi connectivity index (χ1v) is 28.8. The van der Waals surface area contributed by atoms with E-state index in [-0.39, 0.29) is 17.8 Å². The van der Waals surface area contributed by atoms with Crippen LogP contribution >= 0.6 is 0 Å². The van der Waals surface area contributed by atoms with E-state index in [2.05, 4.69) is 49.3 Å². The number of unbranched alkanes of at least 4 members (excludes halogenated alkanes) is 27. The van der Waals surface area contributed by atoms with Gasteiger partial charge in [-0.05, 0) is 77.7 Å². The van der Waals surface area contributed by atoms with Crippen molar-refractivity contribution in [1.29, 1.82) is 0 Å². The van der Waals surface area contributed by atoms with Gasteiger partial charge in [0.15, 0.2) is 0 Å². The molecule has 0 aromatic carbocycles. The lowest BCUT2D eigenvalue weighted by Gasteiger charge is -2.37. The van der Waals surface area contributed by atoms with Crippen molar-refractivity contribution < 1.29 is 19.1 Å². The first-order valence-electron chi connectivity index (χ1n) is 28.8. The van der Waals surface area contributed by atoms with Gasteiger partial charge < -0.3 is 19.4 Å². The van der Waals surface area contributed by atoms with Gasteiger partial charge in [-0.2, -0.15) is 0 Å². The van der Waals surface area contributed by atoms with Gasteiger partial charge in [-0.25, -0.2) is 0 Å². The van der Waals surface area contributed by atoms with E-state index in [9.17, 15) is 14.4 Å². The van der Waals surface area contributed by atoms with Crippen LogP contribution in [0.25, 0.3) is 0 Å². The Morgan fingerprint density at radius 2 is 0.615 bits per heavy atom. The molecule has 0 N–H and O–H groups in total. The highest BCUT2D eigenvalue weighted by atomic mass is 16.5. The summed E-state index contributed by atoms with van der Waals surface area (Å²) in [6.07, 6.45) is 41.6. The molecule has 9 nitrogen and oxygen atoms in total. The molecule has 0 saturated carbocycles. The predicted molar refractivity (Wildman–Crippen MR) is 279 cm³/mol. The van der Waals surface area contributed by atoms with Crippen molar-refractivity contribution in [3.05, 3.63) is 0 Å². The average Bonchev–Trinajstić information content (AvgIpc) is 3.31. The van der Waals surface area contributed by atoms with Gasteiger partial charge in [0.2, 0.25) is 11.8 Å². The monoisotopic (exact) mass is 918 g/mol. The molecule has 1 aliphatic rings. The van der Waals surface area contributed by atoms with Crippen molar-refractivity contribution in [3.8, 4) is 0 Å². The van der Waals surface area contributed by atoms with Crippen LogP contribution in [0.1, 0.15) is 253 Å². The molecule has 0 aromatic rings. The number of rotatable bonds is 48. The number of carbonyl (C=O) groups excluding carboxylic acids is 3. The number of hydrogen-bond acceptors (Lipinski definition) is 7. The maximum absolute atomic E-state index is 13.9. The average molecular weight is 919 g/mol. The Bertz CT molecular complexity index is 1070. The molecule has 0 radical (unpaired) electrons. The Kier molecular flexibility index (Phi) is 43.4. The molecule has 0 spiro atoms. The van der Waals surface area contributed by atoms with Gasteiger partial charge in [-0.15, -0.1) is 0 Å². The molecule has 0 aliphatic carbocycles.